The van der Waals surface area contributed by atoms with Crippen LogP contribution in [-0.4, -0.2) is 35.3 Å². The van der Waals surface area contributed by atoms with E-state index < -0.39 is 0 Å². The molecule has 0 aliphatic carbocycles. The van der Waals surface area contributed by atoms with E-state index in [9.17, 15) is 0 Å². The van der Waals surface area contributed by atoms with Gasteiger partial charge in [0.2, 0.25) is 6.08 Å². The number of carbonyl (C=O) groups excluding carboxylic acids is 1. The highest BCUT2D eigenvalue weighted by molar-refractivity contribution is 5.75. The van der Waals surface area contributed by atoms with Gasteiger partial charge in [-0.05, 0) is 11.0 Å². The molecule has 0 fully saturated rings. The van der Waals surface area contributed by atoms with Crippen LogP contribution in [0, 0.1) is 0 Å². The summed E-state index contributed by atoms with van der Waals surface area (Å²) in [5.41, 5.74) is 0. The Morgan fingerprint density at radius 1 is 1.71 bits per heavy atom. The molecule has 42 valence electrons. The van der Waals surface area contributed by atoms with Gasteiger partial charge in [0, 0.05) is 0 Å². The molecule has 0 bridgehead atoms. The van der Waals surface area contributed by atoms with Crippen LogP contribution in [0.1, 0.15) is 0 Å². The number of aliphatic imine (C=N–C) groups is 1. The standard InChI is InChI=1S/C3H5NO2.H4Si/c5-2-1-4-3-6;/h5H,1-2H2;1H4. The molecule has 0 saturated heterocycles. The molecule has 4 heteroatoms. The molecular formula is C3H9NO2Si. The Kier molecular flexibility index (Phi) is 12.7. The molecule has 0 unspecified atom stereocenters. The van der Waals surface area contributed by atoms with Gasteiger partial charge in [0.25, 0.3) is 0 Å². The van der Waals surface area contributed by atoms with E-state index in [2.05, 4.69) is 4.99 Å². The molecule has 0 atom stereocenters. The van der Waals surface area contributed by atoms with Crippen molar-refractivity contribution in [3.05, 3.63) is 0 Å². The second-order valence-corrected chi connectivity index (χ2v) is 0.697. The van der Waals surface area contributed by atoms with Gasteiger partial charge >= 0.3 is 0 Å². The highest BCUT2D eigenvalue weighted by atomic mass is 28.1. The SMILES string of the molecule is O=C=NCCO.[SiH4]. The van der Waals surface area contributed by atoms with Crippen LogP contribution in [0.5, 0.6) is 0 Å². The van der Waals surface area contributed by atoms with E-state index in [1.165, 1.54) is 6.08 Å². The Labute approximate surface area is 46.1 Å². The van der Waals surface area contributed by atoms with Crippen molar-refractivity contribution in [1.82, 2.24) is 0 Å². The smallest absolute Gasteiger partial charge is 0.235 e. The summed E-state index contributed by atoms with van der Waals surface area (Å²) in [5, 5.41) is 7.92. The zero-order chi connectivity index (χ0) is 4.83. The first-order chi connectivity index (χ1) is 2.91. The highest BCUT2D eigenvalue weighted by Crippen LogP contribution is 1.56. The van der Waals surface area contributed by atoms with Crippen LogP contribution < -0.4 is 0 Å². The molecule has 0 radical (unpaired) electrons. The van der Waals surface area contributed by atoms with E-state index in [1.54, 1.807) is 0 Å². The quantitative estimate of drug-likeness (QED) is 0.256. The van der Waals surface area contributed by atoms with E-state index in [1.807, 2.05) is 0 Å². The number of nitrogens with zero attached hydrogens (tertiary/aromatic N) is 1. The van der Waals surface area contributed by atoms with E-state index in [-0.39, 0.29) is 24.1 Å². The third-order valence-corrected chi connectivity index (χ3v) is 0.276. The second kappa shape index (κ2) is 9.12. The maximum Gasteiger partial charge on any atom is 0.235 e. The second-order valence-electron chi connectivity index (χ2n) is 0.697. The van der Waals surface area contributed by atoms with Crippen molar-refractivity contribution in [1.29, 1.82) is 0 Å². The topological polar surface area (TPSA) is 49.7 Å². The highest BCUT2D eigenvalue weighted by Gasteiger charge is 1.67. The number of rotatable bonds is 2. The zero-order valence-electron chi connectivity index (χ0n) is 3.22. The Hall–Kier alpha value is -0.443. The number of isocyanates is 1. The predicted molar refractivity (Wildman–Crippen MR) is 31.4 cm³/mol. The first-order valence-corrected chi connectivity index (χ1v) is 1.56. The average molecular weight is 119 g/mol. The van der Waals surface area contributed by atoms with Gasteiger partial charge in [-0.15, -0.1) is 0 Å². The molecule has 0 aliphatic heterocycles. The van der Waals surface area contributed by atoms with Gasteiger partial charge in [0.15, 0.2) is 0 Å². The third-order valence-electron chi connectivity index (χ3n) is 0.276. The minimum Gasteiger partial charge on any atom is -0.394 e. The van der Waals surface area contributed by atoms with Gasteiger partial charge in [-0.2, -0.15) is 0 Å². The van der Waals surface area contributed by atoms with Crippen LogP contribution >= 0.6 is 0 Å². The fourth-order valence-corrected chi connectivity index (χ4v) is 0.0956. The zero-order valence-corrected chi connectivity index (χ0v) is 3.22. The number of hydrogen-bond acceptors (Lipinski definition) is 3. The molecule has 0 amide bonds. The third kappa shape index (κ3) is 10.8. The van der Waals surface area contributed by atoms with Gasteiger partial charge in [0.05, 0.1) is 13.2 Å². The van der Waals surface area contributed by atoms with Crippen LogP contribution in [0.3, 0.4) is 0 Å². The normalized spacial score (nSPS) is 5.86. The lowest BCUT2D eigenvalue weighted by Crippen LogP contribution is -1.83. The lowest BCUT2D eigenvalue weighted by atomic mass is 10.7. The lowest BCUT2D eigenvalue weighted by molar-refractivity contribution is 0.306. The van der Waals surface area contributed by atoms with Crippen molar-refractivity contribution in [3.63, 3.8) is 0 Å². The minimum atomic E-state index is -0.0742. The van der Waals surface area contributed by atoms with E-state index in [4.69, 9.17) is 9.90 Å². The molecule has 0 spiro atoms. The summed E-state index contributed by atoms with van der Waals surface area (Å²) >= 11 is 0. The molecule has 0 saturated carbocycles. The molecule has 3 nitrogen and oxygen atoms in total. The summed E-state index contributed by atoms with van der Waals surface area (Å²) in [5.74, 6) is 0. The van der Waals surface area contributed by atoms with Crippen LogP contribution in [-0.2, 0) is 4.79 Å². The van der Waals surface area contributed by atoms with Gasteiger partial charge in [-0.1, -0.05) is 0 Å². The van der Waals surface area contributed by atoms with Gasteiger partial charge in [0.1, 0.15) is 0 Å². The predicted octanol–water partition coefficient (Wildman–Crippen LogP) is -2.14. The molecule has 0 aromatic carbocycles. The Bertz CT molecular complexity index is 69.3. The van der Waals surface area contributed by atoms with Crippen molar-refractivity contribution in [2.45, 2.75) is 0 Å². The number of aliphatic hydroxyl groups is 1. The van der Waals surface area contributed by atoms with E-state index >= 15 is 0 Å². The summed E-state index contributed by atoms with van der Waals surface area (Å²) < 4.78 is 0. The molecule has 0 aromatic heterocycles. The maximum absolute atomic E-state index is 9.16. The Morgan fingerprint density at radius 3 is 2.43 bits per heavy atom. The van der Waals surface area contributed by atoms with Crippen molar-refractivity contribution >= 4 is 17.0 Å². The molecule has 0 aromatic rings. The molecule has 7 heavy (non-hydrogen) atoms. The summed E-state index contributed by atoms with van der Waals surface area (Å²) in [6.45, 7) is 0.0960. The van der Waals surface area contributed by atoms with Crippen molar-refractivity contribution < 1.29 is 9.90 Å². The van der Waals surface area contributed by atoms with Crippen molar-refractivity contribution in [3.8, 4) is 0 Å². The van der Waals surface area contributed by atoms with Crippen LogP contribution in [0.25, 0.3) is 0 Å². The summed E-state index contributed by atoms with van der Waals surface area (Å²) in [7, 11) is 0. The largest absolute Gasteiger partial charge is 0.394 e. The van der Waals surface area contributed by atoms with Crippen LogP contribution in [0.4, 0.5) is 0 Å². The molecule has 1 N–H and O–H groups in total. The first kappa shape index (κ1) is 9.75. The van der Waals surface area contributed by atoms with Crippen molar-refractivity contribution in [2.75, 3.05) is 13.2 Å². The summed E-state index contributed by atoms with van der Waals surface area (Å²) in [6, 6.07) is 0. The fourth-order valence-electron chi connectivity index (χ4n) is 0.0956. The lowest BCUT2D eigenvalue weighted by Gasteiger charge is -1.72. The Balaban J connectivity index is 0. The first-order valence-electron chi connectivity index (χ1n) is 1.56. The molecular weight excluding hydrogens is 110 g/mol. The van der Waals surface area contributed by atoms with E-state index in [0.29, 0.717) is 0 Å². The molecule has 0 heterocycles. The van der Waals surface area contributed by atoms with Crippen LogP contribution in [0.15, 0.2) is 4.99 Å². The van der Waals surface area contributed by atoms with E-state index in [0.717, 1.165) is 0 Å². The van der Waals surface area contributed by atoms with Gasteiger partial charge < -0.3 is 5.11 Å². The monoisotopic (exact) mass is 119 g/mol. The fraction of sp³-hybridized carbons (Fsp3) is 0.667. The minimum absolute atomic E-state index is 0. The van der Waals surface area contributed by atoms with Crippen LogP contribution in [0.2, 0.25) is 0 Å². The van der Waals surface area contributed by atoms with Gasteiger partial charge in [-0.25, -0.2) is 9.79 Å². The van der Waals surface area contributed by atoms with Crippen molar-refractivity contribution in [2.24, 2.45) is 4.99 Å². The van der Waals surface area contributed by atoms with Gasteiger partial charge in [-0.3, -0.25) is 0 Å². The Morgan fingerprint density at radius 2 is 2.29 bits per heavy atom. The number of aliphatic hydroxyl groups excluding tert-OH is 1. The molecule has 0 rings (SSSR count). The summed E-state index contributed by atoms with van der Waals surface area (Å²) in [6.07, 6.45) is 1.28. The molecule has 0 aliphatic rings. The summed E-state index contributed by atoms with van der Waals surface area (Å²) in [4.78, 5) is 12.2. The number of hydrogen-bond donors (Lipinski definition) is 1. The average Bonchev–Trinajstić information content (AvgIpc) is 1.61. The maximum atomic E-state index is 9.16.